The minimum Gasteiger partial charge on any atom is -0.494 e. The van der Waals surface area contributed by atoms with Crippen LogP contribution in [0.2, 0.25) is 0 Å². The van der Waals surface area contributed by atoms with Gasteiger partial charge in [-0.25, -0.2) is 10.2 Å². The van der Waals surface area contributed by atoms with Gasteiger partial charge in [-0.05, 0) is 106 Å². The van der Waals surface area contributed by atoms with Gasteiger partial charge >= 0.3 is 5.97 Å². The predicted molar refractivity (Wildman–Crippen MR) is 159 cm³/mol. The average Bonchev–Trinajstić information content (AvgIpc) is 3.35. The third-order valence-electron chi connectivity index (χ3n) is 6.42. The number of rotatable bonds is 12. The van der Waals surface area contributed by atoms with Gasteiger partial charge in [0.15, 0.2) is 6.10 Å². The Labute approximate surface area is 243 Å². The van der Waals surface area contributed by atoms with Crippen LogP contribution in [0.4, 0.5) is 5.00 Å². The molecule has 1 aliphatic carbocycles. The summed E-state index contributed by atoms with van der Waals surface area (Å²) in [6, 6.07) is 13.9. The van der Waals surface area contributed by atoms with Crippen LogP contribution in [-0.2, 0) is 22.4 Å². The van der Waals surface area contributed by atoms with E-state index in [1.54, 1.807) is 44.3 Å². The van der Waals surface area contributed by atoms with Crippen molar-refractivity contribution in [1.29, 1.82) is 0 Å². The molecule has 1 aliphatic rings. The molecule has 1 unspecified atom stereocenters. The van der Waals surface area contributed by atoms with Crippen molar-refractivity contribution in [2.75, 3.05) is 18.5 Å². The van der Waals surface area contributed by atoms with E-state index in [1.165, 1.54) is 11.3 Å². The van der Waals surface area contributed by atoms with E-state index >= 15 is 0 Å². The number of hydrogen-bond acceptors (Lipinski definition) is 8. The van der Waals surface area contributed by atoms with Gasteiger partial charge in [0.25, 0.3) is 11.8 Å². The van der Waals surface area contributed by atoms with Gasteiger partial charge in [-0.1, -0.05) is 6.92 Å². The van der Waals surface area contributed by atoms with Crippen molar-refractivity contribution < 1.29 is 28.6 Å². The molecular formula is C31H35N3O6S. The lowest BCUT2D eigenvalue weighted by atomic mass is 9.95. The topological polar surface area (TPSA) is 115 Å². The Bertz CT molecular complexity index is 1380. The average molecular weight is 578 g/mol. The summed E-state index contributed by atoms with van der Waals surface area (Å²) in [5, 5.41) is 7.42. The zero-order valence-corrected chi connectivity index (χ0v) is 24.3. The molecule has 0 radical (unpaired) electrons. The summed E-state index contributed by atoms with van der Waals surface area (Å²) in [6.07, 6.45) is 5.44. The maximum Gasteiger partial charge on any atom is 0.341 e. The fraction of sp³-hybridized carbons (Fsp3) is 0.355. The van der Waals surface area contributed by atoms with Crippen LogP contribution in [-0.4, -0.2) is 43.3 Å². The summed E-state index contributed by atoms with van der Waals surface area (Å²) in [4.78, 5) is 39.3. The fourth-order valence-electron chi connectivity index (χ4n) is 4.32. The van der Waals surface area contributed by atoms with Gasteiger partial charge in [0.05, 0.1) is 25.0 Å². The summed E-state index contributed by atoms with van der Waals surface area (Å²) in [7, 11) is 0. The lowest BCUT2D eigenvalue weighted by Gasteiger charge is -2.13. The number of carbonyl (C=O) groups excluding carboxylic acids is 3. The largest absolute Gasteiger partial charge is 0.494 e. The summed E-state index contributed by atoms with van der Waals surface area (Å²) in [5.74, 6) is 0.0437. The standard InChI is InChI=1S/C31H35N3O6S/c1-4-18-39-23-14-10-21(11-15-23)19-32-34-28(35)20(3)40-24-16-12-22(13-17-24)29(36)33-30-27(31(37)38-5-2)25-8-6-7-9-26(25)41-30/h10-17,19-20H,4-9,18H2,1-3H3,(H,33,36)(H,34,35)/b32-19+. The van der Waals surface area contributed by atoms with Crippen LogP contribution in [0.3, 0.4) is 0 Å². The van der Waals surface area contributed by atoms with E-state index in [2.05, 4.69) is 15.8 Å². The van der Waals surface area contributed by atoms with Crippen molar-refractivity contribution in [2.24, 2.45) is 5.10 Å². The number of nitrogens with zero attached hydrogens (tertiary/aromatic N) is 1. The number of esters is 1. The van der Waals surface area contributed by atoms with E-state index in [-0.39, 0.29) is 12.5 Å². The van der Waals surface area contributed by atoms with Gasteiger partial charge in [0.1, 0.15) is 16.5 Å². The minimum atomic E-state index is -0.818. The molecule has 0 saturated carbocycles. The lowest BCUT2D eigenvalue weighted by molar-refractivity contribution is -0.127. The van der Waals surface area contributed by atoms with Crippen LogP contribution in [0, 0.1) is 0 Å². The molecule has 0 saturated heterocycles. The van der Waals surface area contributed by atoms with Gasteiger partial charge < -0.3 is 19.5 Å². The number of hydrogen-bond donors (Lipinski definition) is 2. The zero-order valence-electron chi connectivity index (χ0n) is 23.5. The SMILES string of the molecule is CCCOc1ccc(/C=N/NC(=O)C(C)Oc2ccc(C(=O)Nc3sc4c(c3C(=O)OCC)CCCC4)cc2)cc1. The second kappa shape index (κ2) is 14.5. The van der Waals surface area contributed by atoms with Crippen molar-refractivity contribution in [1.82, 2.24) is 5.43 Å². The third kappa shape index (κ3) is 7.94. The van der Waals surface area contributed by atoms with Gasteiger partial charge in [0.2, 0.25) is 0 Å². The molecule has 41 heavy (non-hydrogen) atoms. The van der Waals surface area contributed by atoms with Crippen LogP contribution < -0.4 is 20.2 Å². The van der Waals surface area contributed by atoms with Crippen LogP contribution in [0.1, 0.15) is 76.8 Å². The molecule has 0 spiro atoms. The smallest absolute Gasteiger partial charge is 0.341 e. The first-order valence-electron chi connectivity index (χ1n) is 13.8. The molecule has 3 aromatic rings. The number of anilines is 1. The Balaban J connectivity index is 1.31. The van der Waals surface area contributed by atoms with Crippen molar-refractivity contribution >= 4 is 40.3 Å². The van der Waals surface area contributed by atoms with E-state index < -0.39 is 18.0 Å². The number of thiophene rings is 1. The highest BCUT2D eigenvalue weighted by molar-refractivity contribution is 7.17. The molecule has 10 heteroatoms. The Morgan fingerprint density at radius 3 is 2.41 bits per heavy atom. The molecule has 2 amide bonds. The van der Waals surface area contributed by atoms with Gasteiger partial charge in [-0.3, -0.25) is 9.59 Å². The second-order valence-electron chi connectivity index (χ2n) is 9.53. The number of carbonyl (C=O) groups is 3. The summed E-state index contributed by atoms with van der Waals surface area (Å²) >= 11 is 1.44. The maximum absolute atomic E-state index is 13.0. The van der Waals surface area contributed by atoms with Crippen LogP contribution >= 0.6 is 11.3 Å². The highest BCUT2D eigenvalue weighted by Gasteiger charge is 2.27. The number of fused-ring (bicyclic) bond motifs is 1. The van der Waals surface area contributed by atoms with Crippen LogP contribution in [0.5, 0.6) is 11.5 Å². The fourth-order valence-corrected chi connectivity index (χ4v) is 5.59. The highest BCUT2D eigenvalue weighted by Crippen LogP contribution is 2.38. The zero-order chi connectivity index (χ0) is 29.2. The number of ether oxygens (including phenoxy) is 3. The molecule has 0 fully saturated rings. The van der Waals surface area contributed by atoms with Crippen molar-refractivity contribution in [3.05, 3.63) is 75.7 Å². The van der Waals surface area contributed by atoms with Gasteiger partial charge in [-0.2, -0.15) is 5.10 Å². The molecular weight excluding hydrogens is 542 g/mol. The third-order valence-corrected chi connectivity index (χ3v) is 7.63. The van der Waals surface area contributed by atoms with E-state index in [4.69, 9.17) is 14.2 Å². The molecule has 4 rings (SSSR count). The Morgan fingerprint density at radius 2 is 1.71 bits per heavy atom. The van der Waals surface area contributed by atoms with E-state index in [1.807, 2.05) is 31.2 Å². The summed E-state index contributed by atoms with van der Waals surface area (Å²) in [6.45, 7) is 6.35. The first-order valence-corrected chi connectivity index (χ1v) is 14.7. The number of aryl methyl sites for hydroxylation is 1. The molecule has 2 aromatic carbocycles. The van der Waals surface area contributed by atoms with Crippen LogP contribution in [0.25, 0.3) is 0 Å². The van der Waals surface area contributed by atoms with Crippen LogP contribution in [0.15, 0.2) is 53.6 Å². The summed E-state index contributed by atoms with van der Waals surface area (Å²) in [5.41, 5.74) is 5.15. The molecule has 0 bridgehead atoms. The molecule has 1 atom stereocenters. The molecule has 216 valence electrons. The quantitative estimate of drug-likeness (QED) is 0.161. The van der Waals surface area contributed by atoms with Crippen molar-refractivity contribution in [3.63, 3.8) is 0 Å². The predicted octanol–water partition coefficient (Wildman–Crippen LogP) is 5.76. The highest BCUT2D eigenvalue weighted by atomic mass is 32.1. The van der Waals surface area contributed by atoms with Crippen molar-refractivity contribution in [2.45, 2.75) is 59.0 Å². The Morgan fingerprint density at radius 1 is 1.00 bits per heavy atom. The molecule has 9 nitrogen and oxygen atoms in total. The van der Waals surface area contributed by atoms with E-state index in [0.717, 1.165) is 53.9 Å². The van der Waals surface area contributed by atoms with E-state index in [9.17, 15) is 14.4 Å². The maximum atomic E-state index is 13.0. The summed E-state index contributed by atoms with van der Waals surface area (Å²) < 4.78 is 16.5. The van der Waals surface area contributed by atoms with Gasteiger partial charge in [-0.15, -0.1) is 11.3 Å². The first-order chi connectivity index (χ1) is 19.9. The molecule has 2 N–H and O–H groups in total. The normalized spacial score (nSPS) is 13.2. The number of nitrogens with one attached hydrogen (secondary N) is 2. The Kier molecular flexibility index (Phi) is 10.5. The lowest BCUT2D eigenvalue weighted by Crippen LogP contribution is -2.33. The number of hydrazone groups is 1. The molecule has 0 aliphatic heterocycles. The number of amides is 2. The first kappa shape index (κ1) is 29.8. The molecule has 1 aromatic heterocycles. The van der Waals surface area contributed by atoms with Gasteiger partial charge in [0, 0.05) is 10.4 Å². The Hall–Kier alpha value is -4.18. The monoisotopic (exact) mass is 577 g/mol. The van der Waals surface area contributed by atoms with Crippen molar-refractivity contribution in [3.8, 4) is 11.5 Å². The molecule has 1 heterocycles. The second-order valence-corrected chi connectivity index (χ2v) is 10.6. The minimum absolute atomic E-state index is 0.268. The number of benzene rings is 2. The van der Waals surface area contributed by atoms with E-state index in [0.29, 0.717) is 28.5 Å².